The molecule has 158 valence electrons. The van der Waals surface area contributed by atoms with Gasteiger partial charge in [0.15, 0.2) is 0 Å². The molecule has 0 aliphatic carbocycles. The maximum Gasteiger partial charge on any atom is 0.344 e. The number of hydrogen-bond acceptors (Lipinski definition) is 4. The summed E-state index contributed by atoms with van der Waals surface area (Å²) in [5, 5.41) is 2.33. The summed E-state index contributed by atoms with van der Waals surface area (Å²) in [6.07, 6.45) is 0. The summed E-state index contributed by atoms with van der Waals surface area (Å²) >= 11 is 6.72. The predicted octanol–water partition coefficient (Wildman–Crippen LogP) is 6.67. The van der Waals surface area contributed by atoms with Crippen molar-refractivity contribution in [3.8, 4) is 33.8 Å². The van der Waals surface area contributed by atoms with Crippen molar-refractivity contribution in [2.45, 2.75) is 0 Å². The topological polar surface area (TPSA) is 48.7 Å². The van der Waals surface area contributed by atoms with E-state index >= 15 is 0 Å². The summed E-state index contributed by atoms with van der Waals surface area (Å²) in [5.74, 6) is 1.44. The first-order chi connectivity index (χ1) is 15.2. The molecule has 1 heterocycles. The third-order valence-corrected chi connectivity index (χ3v) is 5.42. The Balaban J connectivity index is 1.91. The molecule has 0 aliphatic rings. The first kappa shape index (κ1) is 21.7. The first-order valence-electron chi connectivity index (χ1n) is 9.85. The standard InChI is InChI=1S/C25H20Br2O4/c26-12-14-29-19-8-6-18(7-9-19)23-21-11-10-20(30-15-13-27)16-22(21)31-25(28)24(23)17-4-2-1-3-5-17/h1-11,16H,12-15H2. The molecule has 0 saturated carbocycles. The van der Waals surface area contributed by atoms with Gasteiger partial charge in [-0.25, -0.2) is 4.79 Å². The number of benzene rings is 3. The Kier molecular flexibility index (Phi) is 7.10. The Hall–Kier alpha value is -2.57. The molecule has 3 aromatic carbocycles. The number of hydrogen-bond donors (Lipinski definition) is 0. The highest BCUT2D eigenvalue weighted by atomic mass is 79.9. The van der Waals surface area contributed by atoms with Gasteiger partial charge in [-0.2, -0.15) is 0 Å². The lowest BCUT2D eigenvalue weighted by atomic mass is 9.93. The van der Waals surface area contributed by atoms with Crippen molar-refractivity contribution in [3.63, 3.8) is 0 Å². The fourth-order valence-corrected chi connectivity index (χ4v) is 3.79. The number of fused-ring (bicyclic) bond motifs is 1. The second-order valence-corrected chi connectivity index (χ2v) is 8.35. The van der Waals surface area contributed by atoms with Crippen molar-refractivity contribution >= 4 is 42.8 Å². The van der Waals surface area contributed by atoms with Crippen LogP contribution in [0.1, 0.15) is 0 Å². The first-order valence-corrected chi connectivity index (χ1v) is 12.1. The van der Waals surface area contributed by atoms with Gasteiger partial charge in [0, 0.05) is 27.7 Å². The van der Waals surface area contributed by atoms with Crippen LogP contribution >= 0.6 is 31.9 Å². The normalized spacial score (nSPS) is 10.9. The van der Waals surface area contributed by atoms with Gasteiger partial charge >= 0.3 is 5.63 Å². The highest BCUT2D eigenvalue weighted by Gasteiger charge is 2.18. The van der Waals surface area contributed by atoms with Crippen LogP contribution in [0, 0.1) is 0 Å². The van der Waals surface area contributed by atoms with Crippen LogP contribution in [0.3, 0.4) is 0 Å². The summed E-state index contributed by atoms with van der Waals surface area (Å²) in [4.78, 5) is 13.1. The molecule has 0 atom stereocenters. The van der Waals surface area contributed by atoms with Crippen molar-refractivity contribution in [2.24, 2.45) is 0 Å². The molecule has 0 unspecified atom stereocenters. The highest BCUT2D eigenvalue weighted by molar-refractivity contribution is 9.09. The number of alkyl halides is 2. The van der Waals surface area contributed by atoms with Gasteiger partial charge in [0.05, 0.1) is 18.8 Å². The summed E-state index contributed by atoms with van der Waals surface area (Å²) in [6.45, 7) is 1.12. The van der Waals surface area contributed by atoms with E-state index < -0.39 is 0 Å². The molecular formula is C25H20Br2O4. The van der Waals surface area contributed by atoms with Gasteiger partial charge in [-0.15, -0.1) is 0 Å². The molecule has 6 heteroatoms. The van der Waals surface area contributed by atoms with Crippen LogP contribution in [0.15, 0.2) is 82.0 Å². The van der Waals surface area contributed by atoms with Crippen LogP contribution < -0.4 is 15.1 Å². The third kappa shape index (κ3) is 4.86. The fourth-order valence-electron chi connectivity index (χ4n) is 3.47. The Morgan fingerprint density at radius 2 is 1.32 bits per heavy atom. The summed E-state index contributed by atoms with van der Waals surface area (Å²) in [7, 11) is 0. The van der Waals surface area contributed by atoms with Crippen LogP contribution in [0.5, 0.6) is 11.5 Å². The van der Waals surface area contributed by atoms with E-state index in [2.05, 4.69) is 31.9 Å². The lowest BCUT2D eigenvalue weighted by Gasteiger charge is -2.14. The summed E-state index contributed by atoms with van der Waals surface area (Å²) in [6, 6.07) is 23.0. The van der Waals surface area contributed by atoms with Gasteiger partial charge in [-0.05, 0) is 35.4 Å². The average molecular weight is 544 g/mol. The molecule has 0 fully saturated rings. The smallest absolute Gasteiger partial charge is 0.344 e. The summed E-state index contributed by atoms with van der Waals surface area (Å²) < 4.78 is 17.1. The van der Waals surface area contributed by atoms with E-state index in [9.17, 15) is 4.79 Å². The van der Waals surface area contributed by atoms with Gasteiger partial charge in [0.2, 0.25) is 0 Å². The number of rotatable bonds is 8. The van der Waals surface area contributed by atoms with Crippen LogP contribution in [0.4, 0.5) is 0 Å². The number of halogens is 2. The molecule has 0 bridgehead atoms. The van der Waals surface area contributed by atoms with E-state index in [0.717, 1.165) is 38.5 Å². The SMILES string of the molecule is O=c1oc2cc(OCCBr)ccc2c(-c2ccc(OCCBr)cc2)c1-c1ccccc1. The molecule has 4 nitrogen and oxygen atoms in total. The van der Waals surface area contributed by atoms with Crippen LogP contribution in [-0.4, -0.2) is 23.9 Å². The molecule has 0 amide bonds. The molecule has 0 aliphatic heterocycles. The molecule has 1 aromatic heterocycles. The van der Waals surface area contributed by atoms with E-state index in [1.165, 1.54) is 0 Å². The lowest BCUT2D eigenvalue weighted by Crippen LogP contribution is -2.06. The fraction of sp³-hybridized carbons (Fsp3) is 0.160. The van der Waals surface area contributed by atoms with E-state index in [-0.39, 0.29) is 5.63 Å². The largest absolute Gasteiger partial charge is 0.493 e. The van der Waals surface area contributed by atoms with Gasteiger partial charge in [-0.3, -0.25) is 0 Å². The number of ether oxygens (including phenoxy) is 2. The zero-order valence-corrected chi connectivity index (χ0v) is 19.8. The van der Waals surface area contributed by atoms with Crippen LogP contribution in [0.2, 0.25) is 0 Å². The highest BCUT2D eigenvalue weighted by Crippen LogP contribution is 2.37. The van der Waals surface area contributed by atoms with Gasteiger partial charge in [0.25, 0.3) is 0 Å². The van der Waals surface area contributed by atoms with Gasteiger partial charge < -0.3 is 13.9 Å². The summed E-state index contributed by atoms with van der Waals surface area (Å²) in [5.41, 5.74) is 3.20. The van der Waals surface area contributed by atoms with Crippen LogP contribution in [-0.2, 0) is 0 Å². The van der Waals surface area contributed by atoms with Crippen molar-refractivity contribution in [1.82, 2.24) is 0 Å². The zero-order valence-electron chi connectivity index (χ0n) is 16.6. The molecule has 0 radical (unpaired) electrons. The Bertz CT molecular complexity index is 1220. The van der Waals surface area contributed by atoms with Gasteiger partial charge in [-0.1, -0.05) is 74.3 Å². The molecular weight excluding hydrogens is 524 g/mol. The minimum atomic E-state index is -0.383. The van der Waals surface area contributed by atoms with E-state index in [1.807, 2.05) is 66.7 Å². The predicted molar refractivity (Wildman–Crippen MR) is 132 cm³/mol. The van der Waals surface area contributed by atoms with E-state index in [1.54, 1.807) is 6.07 Å². The van der Waals surface area contributed by atoms with Gasteiger partial charge in [0.1, 0.15) is 17.1 Å². The zero-order chi connectivity index (χ0) is 21.6. The second-order valence-electron chi connectivity index (χ2n) is 6.76. The monoisotopic (exact) mass is 542 g/mol. The molecule has 0 N–H and O–H groups in total. The van der Waals surface area contributed by atoms with E-state index in [0.29, 0.717) is 30.1 Å². The van der Waals surface area contributed by atoms with Crippen molar-refractivity contribution in [2.75, 3.05) is 23.9 Å². The lowest BCUT2D eigenvalue weighted by molar-refractivity contribution is 0.345. The molecule has 0 saturated heterocycles. The van der Waals surface area contributed by atoms with Crippen molar-refractivity contribution in [3.05, 3.63) is 83.2 Å². The van der Waals surface area contributed by atoms with Crippen molar-refractivity contribution in [1.29, 1.82) is 0 Å². The van der Waals surface area contributed by atoms with Crippen molar-refractivity contribution < 1.29 is 13.9 Å². The average Bonchev–Trinajstić information content (AvgIpc) is 2.81. The third-order valence-electron chi connectivity index (χ3n) is 4.78. The van der Waals surface area contributed by atoms with Crippen LogP contribution in [0.25, 0.3) is 33.2 Å². The van der Waals surface area contributed by atoms with E-state index in [4.69, 9.17) is 13.9 Å². The molecule has 0 spiro atoms. The molecule has 4 rings (SSSR count). The maximum atomic E-state index is 13.1. The Morgan fingerprint density at radius 1 is 0.710 bits per heavy atom. The molecule has 31 heavy (non-hydrogen) atoms. The Labute approximate surface area is 197 Å². The minimum Gasteiger partial charge on any atom is -0.493 e. The maximum absolute atomic E-state index is 13.1. The minimum absolute atomic E-state index is 0.383. The second kappa shape index (κ2) is 10.2. The molecule has 4 aromatic rings. The Morgan fingerprint density at radius 3 is 2.00 bits per heavy atom. The quantitative estimate of drug-likeness (QED) is 0.184.